The SMILES string of the molecule is C=C(C(N)=O)c1ccc(NCCCCCCCCCCCC)cc1. The lowest BCUT2D eigenvalue weighted by Gasteiger charge is -2.08. The third-order valence-electron chi connectivity index (χ3n) is 4.39. The standard InChI is InChI=1S/C21H34N2O/c1-3-4-5-6-7-8-9-10-11-12-17-23-20-15-13-19(14-16-20)18(2)21(22)24/h13-16,23H,2-12,17H2,1H3,(H2,22,24). The third-order valence-corrected chi connectivity index (χ3v) is 4.39. The summed E-state index contributed by atoms with van der Waals surface area (Å²) in [6, 6.07) is 7.71. The molecule has 3 nitrogen and oxygen atoms in total. The molecule has 0 radical (unpaired) electrons. The lowest BCUT2D eigenvalue weighted by atomic mass is 10.1. The Bertz CT molecular complexity index is 479. The highest BCUT2D eigenvalue weighted by molar-refractivity contribution is 6.17. The van der Waals surface area contributed by atoms with Crippen LogP contribution in [0.2, 0.25) is 0 Å². The molecule has 0 aromatic heterocycles. The van der Waals surface area contributed by atoms with E-state index in [1.165, 1.54) is 64.2 Å². The number of amides is 1. The topological polar surface area (TPSA) is 55.1 Å². The summed E-state index contributed by atoms with van der Waals surface area (Å²) >= 11 is 0. The minimum Gasteiger partial charge on any atom is -0.385 e. The second-order valence-corrected chi connectivity index (χ2v) is 6.53. The van der Waals surface area contributed by atoms with Crippen LogP contribution < -0.4 is 11.1 Å². The lowest BCUT2D eigenvalue weighted by Crippen LogP contribution is -2.11. The summed E-state index contributed by atoms with van der Waals surface area (Å²) in [6.45, 7) is 6.95. The second-order valence-electron chi connectivity index (χ2n) is 6.53. The second kappa shape index (κ2) is 12.6. The third kappa shape index (κ3) is 8.76. The number of primary amides is 1. The zero-order valence-corrected chi connectivity index (χ0v) is 15.3. The van der Waals surface area contributed by atoms with Gasteiger partial charge in [-0.25, -0.2) is 0 Å². The summed E-state index contributed by atoms with van der Waals surface area (Å²) in [5, 5.41) is 3.42. The lowest BCUT2D eigenvalue weighted by molar-refractivity contribution is -0.112. The molecule has 0 atom stereocenters. The van der Waals surface area contributed by atoms with Crippen molar-refractivity contribution in [1.82, 2.24) is 0 Å². The number of carbonyl (C=O) groups is 1. The van der Waals surface area contributed by atoms with E-state index in [4.69, 9.17) is 5.73 Å². The molecule has 0 bridgehead atoms. The maximum atomic E-state index is 11.1. The molecule has 1 aromatic rings. The number of carbonyl (C=O) groups excluding carboxylic acids is 1. The molecule has 1 aromatic carbocycles. The van der Waals surface area contributed by atoms with Gasteiger partial charge in [0.25, 0.3) is 0 Å². The highest BCUT2D eigenvalue weighted by Gasteiger charge is 2.04. The summed E-state index contributed by atoms with van der Waals surface area (Å²) in [6.07, 6.45) is 13.5. The van der Waals surface area contributed by atoms with Crippen molar-refractivity contribution in [2.75, 3.05) is 11.9 Å². The molecule has 1 rings (SSSR count). The van der Waals surface area contributed by atoms with Gasteiger partial charge in [-0.15, -0.1) is 0 Å². The van der Waals surface area contributed by atoms with Gasteiger partial charge in [-0.3, -0.25) is 4.79 Å². The maximum absolute atomic E-state index is 11.1. The van der Waals surface area contributed by atoms with Gasteiger partial charge in [-0.1, -0.05) is 83.4 Å². The van der Waals surface area contributed by atoms with Crippen molar-refractivity contribution in [2.45, 2.75) is 71.1 Å². The van der Waals surface area contributed by atoms with Gasteiger partial charge in [0, 0.05) is 17.8 Å². The van der Waals surface area contributed by atoms with Gasteiger partial charge >= 0.3 is 0 Å². The fourth-order valence-corrected chi connectivity index (χ4v) is 2.78. The predicted molar refractivity (Wildman–Crippen MR) is 105 cm³/mol. The van der Waals surface area contributed by atoms with Gasteiger partial charge in [0.1, 0.15) is 0 Å². The van der Waals surface area contributed by atoms with Gasteiger partial charge in [-0.05, 0) is 24.1 Å². The monoisotopic (exact) mass is 330 g/mol. The average molecular weight is 331 g/mol. The Labute approximate surface area is 147 Å². The molecular weight excluding hydrogens is 296 g/mol. The normalized spacial score (nSPS) is 10.5. The molecular formula is C21H34N2O. The van der Waals surface area contributed by atoms with Crippen LogP contribution in [0, 0.1) is 0 Å². The van der Waals surface area contributed by atoms with E-state index in [-0.39, 0.29) is 0 Å². The molecule has 0 aliphatic heterocycles. The molecule has 3 heteroatoms. The summed E-state index contributed by atoms with van der Waals surface area (Å²) in [7, 11) is 0. The molecule has 0 aliphatic carbocycles. The van der Waals surface area contributed by atoms with E-state index in [0.717, 1.165) is 17.8 Å². The van der Waals surface area contributed by atoms with Crippen LogP contribution >= 0.6 is 0 Å². The van der Waals surface area contributed by atoms with Gasteiger partial charge < -0.3 is 11.1 Å². The molecule has 0 heterocycles. The highest BCUT2D eigenvalue weighted by atomic mass is 16.1. The quantitative estimate of drug-likeness (QED) is 0.349. The van der Waals surface area contributed by atoms with Crippen LogP contribution in [0.1, 0.15) is 76.7 Å². The highest BCUT2D eigenvalue weighted by Crippen LogP contribution is 2.16. The maximum Gasteiger partial charge on any atom is 0.248 e. The predicted octanol–water partition coefficient (Wildman–Crippen LogP) is 5.52. The Morgan fingerprint density at radius 2 is 1.42 bits per heavy atom. The van der Waals surface area contributed by atoms with E-state index >= 15 is 0 Å². The molecule has 1 amide bonds. The summed E-state index contributed by atoms with van der Waals surface area (Å²) in [5.41, 5.74) is 7.45. The number of nitrogens with two attached hydrogens (primary N) is 1. The number of unbranched alkanes of at least 4 members (excludes halogenated alkanes) is 9. The number of anilines is 1. The number of nitrogens with one attached hydrogen (secondary N) is 1. The first-order chi connectivity index (χ1) is 11.6. The van der Waals surface area contributed by atoms with E-state index in [1.807, 2.05) is 24.3 Å². The van der Waals surface area contributed by atoms with Crippen LogP contribution in [-0.4, -0.2) is 12.5 Å². The van der Waals surface area contributed by atoms with Crippen molar-refractivity contribution in [3.05, 3.63) is 36.4 Å². The van der Waals surface area contributed by atoms with Crippen molar-refractivity contribution in [2.24, 2.45) is 5.73 Å². The molecule has 0 unspecified atom stereocenters. The van der Waals surface area contributed by atoms with Gasteiger partial charge in [0.2, 0.25) is 5.91 Å². The van der Waals surface area contributed by atoms with Gasteiger partial charge in [0.05, 0.1) is 0 Å². The Morgan fingerprint density at radius 3 is 1.92 bits per heavy atom. The Hall–Kier alpha value is -1.77. The van der Waals surface area contributed by atoms with Crippen molar-refractivity contribution in [3.8, 4) is 0 Å². The summed E-state index contributed by atoms with van der Waals surface area (Å²) in [5.74, 6) is -0.471. The van der Waals surface area contributed by atoms with Crippen molar-refractivity contribution in [3.63, 3.8) is 0 Å². The minimum atomic E-state index is -0.471. The molecule has 0 spiro atoms. The minimum absolute atomic E-state index is 0.358. The van der Waals surface area contributed by atoms with Crippen molar-refractivity contribution < 1.29 is 4.79 Å². The molecule has 3 N–H and O–H groups in total. The first kappa shape index (κ1) is 20.3. The van der Waals surface area contributed by atoms with Crippen molar-refractivity contribution >= 4 is 17.2 Å². The smallest absolute Gasteiger partial charge is 0.248 e. The largest absolute Gasteiger partial charge is 0.385 e. The van der Waals surface area contributed by atoms with Crippen LogP contribution in [-0.2, 0) is 4.79 Å². The number of benzene rings is 1. The van der Waals surface area contributed by atoms with Crippen LogP contribution in [0.4, 0.5) is 5.69 Å². The van der Waals surface area contributed by atoms with Gasteiger partial charge in [-0.2, -0.15) is 0 Å². The number of hydrogen-bond donors (Lipinski definition) is 2. The zero-order valence-electron chi connectivity index (χ0n) is 15.3. The first-order valence-electron chi connectivity index (χ1n) is 9.48. The summed E-state index contributed by atoms with van der Waals surface area (Å²) in [4.78, 5) is 11.1. The van der Waals surface area contributed by atoms with E-state index < -0.39 is 5.91 Å². The van der Waals surface area contributed by atoms with Crippen LogP contribution in [0.15, 0.2) is 30.8 Å². The van der Waals surface area contributed by atoms with Crippen LogP contribution in [0.3, 0.4) is 0 Å². The molecule has 0 saturated heterocycles. The fraction of sp³-hybridized carbons (Fsp3) is 0.571. The van der Waals surface area contributed by atoms with Crippen LogP contribution in [0.25, 0.3) is 5.57 Å². The first-order valence-corrected chi connectivity index (χ1v) is 9.48. The molecule has 134 valence electrons. The van der Waals surface area contributed by atoms with Crippen LogP contribution in [0.5, 0.6) is 0 Å². The van der Waals surface area contributed by atoms with E-state index in [0.29, 0.717) is 5.57 Å². The van der Waals surface area contributed by atoms with E-state index in [9.17, 15) is 4.79 Å². The fourth-order valence-electron chi connectivity index (χ4n) is 2.78. The number of rotatable bonds is 14. The Morgan fingerprint density at radius 1 is 0.917 bits per heavy atom. The Kier molecular flexibility index (Phi) is 10.7. The zero-order chi connectivity index (χ0) is 17.6. The van der Waals surface area contributed by atoms with E-state index in [2.05, 4.69) is 18.8 Å². The molecule has 0 aliphatic rings. The van der Waals surface area contributed by atoms with Gasteiger partial charge in [0.15, 0.2) is 0 Å². The molecule has 0 saturated carbocycles. The number of hydrogen-bond acceptors (Lipinski definition) is 2. The van der Waals surface area contributed by atoms with E-state index in [1.54, 1.807) is 0 Å². The molecule has 24 heavy (non-hydrogen) atoms. The average Bonchev–Trinajstić information content (AvgIpc) is 2.59. The molecule has 0 fully saturated rings. The Balaban J connectivity index is 2.03. The van der Waals surface area contributed by atoms with Crippen molar-refractivity contribution in [1.29, 1.82) is 0 Å². The summed E-state index contributed by atoms with van der Waals surface area (Å²) < 4.78 is 0.